The summed E-state index contributed by atoms with van der Waals surface area (Å²) in [6, 6.07) is 4.57. The van der Waals surface area contributed by atoms with E-state index in [9.17, 15) is 9.59 Å². The molecule has 0 heterocycles. The second kappa shape index (κ2) is 6.82. The molecule has 0 aromatic heterocycles. The van der Waals surface area contributed by atoms with Crippen LogP contribution in [0.1, 0.15) is 47.1 Å². The summed E-state index contributed by atoms with van der Waals surface area (Å²) in [5.41, 5.74) is 0.209. The fraction of sp³-hybridized carbons (Fsp3) is 0.385. The van der Waals surface area contributed by atoms with Gasteiger partial charge in [-0.3, -0.25) is 0 Å². The van der Waals surface area contributed by atoms with E-state index in [1.165, 1.54) is 6.07 Å². The number of benzene rings is 1. The van der Waals surface area contributed by atoms with Crippen molar-refractivity contribution in [1.82, 2.24) is 0 Å². The Labute approximate surface area is 149 Å². The monoisotopic (exact) mass is 276 g/mol. The minimum atomic E-state index is -1.21. The van der Waals surface area contributed by atoms with E-state index in [1.54, 1.807) is 12.1 Å². The van der Waals surface area contributed by atoms with Crippen LogP contribution in [0.4, 0.5) is 0 Å². The summed E-state index contributed by atoms with van der Waals surface area (Å²) in [5.74, 6) is -2.40. The zero-order valence-electron chi connectivity index (χ0n) is 10.2. The average molecular weight is 276 g/mol. The molecule has 0 radical (unpaired) electrons. The maximum atomic E-state index is 11.2. The fourth-order valence-corrected chi connectivity index (χ4v) is 1.75. The first kappa shape index (κ1) is 17.8. The maximum absolute atomic E-state index is 11.2. The van der Waals surface area contributed by atoms with Crippen LogP contribution in [-0.2, 0) is 6.42 Å². The Morgan fingerprint density at radius 3 is 2.06 bits per heavy atom. The second-order valence-electron chi connectivity index (χ2n) is 5.19. The van der Waals surface area contributed by atoms with Crippen LogP contribution in [0.3, 0.4) is 0 Å². The van der Waals surface area contributed by atoms with Crippen molar-refractivity contribution >= 4 is 63.3 Å². The molecule has 1 aromatic rings. The molecule has 2 N–H and O–H groups in total. The fourth-order valence-electron chi connectivity index (χ4n) is 1.75. The number of hydrogen-bond acceptors (Lipinski definition) is 2. The van der Waals surface area contributed by atoms with E-state index in [0.717, 1.165) is 0 Å². The quantitative estimate of drug-likeness (QED) is 0.828. The number of rotatable bonds is 3. The normalized spacial score (nSPS) is 10.6. The Kier molecular flexibility index (Phi) is 6.74. The third-order valence-corrected chi connectivity index (χ3v) is 2.32. The van der Waals surface area contributed by atoms with Crippen molar-refractivity contribution in [3.63, 3.8) is 0 Å². The third kappa shape index (κ3) is 4.82. The van der Waals surface area contributed by atoms with Crippen LogP contribution in [0.5, 0.6) is 0 Å². The van der Waals surface area contributed by atoms with Gasteiger partial charge in [0, 0.05) is 0 Å². The van der Waals surface area contributed by atoms with Crippen molar-refractivity contribution in [2.75, 3.05) is 0 Å². The zero-order chi connectivity index (χ0) is 13.2. The van der Waals surface area contributed by atoms with Gasteiger partial charge in [0.05, 0.1) is 11.1 Å². The van der Waals surface area contributed by atoms with Gasteiger partial charge in [0.25, 0.3) is 0 Å². The van der Waals surface area contributed by atoms with Gasteiger partial charge in [-0.05, 0) is 23.5 Å². The molecule has 18 heavy (non-hydrogen) atoms. The molecular weight excluding hydrogens is 259 g/mol. The van der Waals surface area contributed by atoms with E-state index in [2.05, 4.69) is 0 Å². The van der Waals surface area contributed by atoms with Crippen molar-refractivity contribution < 1.29 is 19.8 Å². The van der Waals surface area contributed by atoms with Gasteiger partial charge in [0.2, 0.25) is 0 Å². The zero-order valence-corrected chi connectivity index (χ0v) is 10.2. The number of carboxylic acids is 2. The molecule has 0 bridgehead atoms. The summed E-state index contributed by atoms with van der Waals surface area (Å²) in [6.07, 6.45) is 0.524. The molecule has 0 aliphatic heterocycles. The van der Waals surface area contributed by atoms with Crippen LogP contribution in [0.2, 0.25) is 0 Å². The average Bonchev–Trinajstić information content (AvgIpc) is 2.14. The molecule has 1 rings (SSSR count). The Bertz CT molecular complexity index is 461. The molecule has 94 valence electrons. The van der Waals surface area contributed by atoms with Gasteiger partial charge in [-0.25, -0.2) is 9.59 Å². The van der Waals surface area contributed by atoms with Crippen molar-refractivity contribution in [3.8, 4) is 0 Å². The molecule has 0 aliphatic rings. The molecule has 0 spiro atoms. The predicted molar refractivity (Wildman–Crippen MR) is 70.7 cm³/mol. The SMILES string of the molecule is CC(C)(C)Cc1cccc(C(=O)O)c1C(=O)O.[KH]. The number of carbonyl (C=O) groups is 2. The van der Waals surface area contributed by atoms with Crippen molar-refractivity contribution in [3.05, 3.63) is 34.9 Å². The summed E-state index contributed by atoms with van der Waals surface area (Å²) in [4.78, 5) is 22.2. The number of hydrogen-bond donors (Lipinski definition) is 2. The first-order chi connectivity index (χ1) is 7.72. The van der Waals surface area contributed by atoms with Gasteiger partial charge < -0.3 is 10.2 Å². The molecule has 0 amide bonds. The molecule has 0 saturated carbocycles. The molecule has 0 saturated heterocycles. The van der Waals surface area contributed by atoms with Crippen LogP contribution in [0.25, 0.3) is 0 Å². The molecular formula is C13H17KO4. The molecule has 5 heteroatoms. The molecule has 0 atom stereocenters. The molecule has 0 unspecified atom stereocenters. The predicted octanol–water partition coefficient (Wildman–Crippen LogP) is 2.02. The second-order valence-corrected chi connectivity index (χ2v) is 5.19. The Morgan fingerprint density at radius 2 is 1.67 bits per heavy atom. The van der Waals surface area contributed by atoms with Gasteiger partial charge in [0.1, 0.15) is 0 Å². The standard InChI is InChI=1S/C13H16O4.K.H/c1-13(2,3)7-8-5-4-6-9(11(14)15)10(8)12(16)17;;/h4-6H,7H2,1-3H3,(H,14,15)(H,16,17);;. The van der Waals surface area contributed by atoms with E-state index in [-0.39, 0.29) is 67.9 Å². The first-order valence-electron chi connectivity index (χ1n) is 5.31. The summed E-state index contributed by atoms with van der Waals surface area (Å²) >= 11 is 0. The summed E-state index contributed by atoms with van der Waals surface area (Å²) < 4.78 is 0. The third-order valence-electron chi connectivity index (χ3n) is 2.32. The van der Waals surface area contributed by atoms with E-state index >= 15 is 0 Å². The van der Waals surface area contributed by atoms with Gasteiger partial charge in [0.15, 0.2) is 0 Å². The van der Waals surface area contributed by atoms with Gasteiger partial charge >= 0.3 is 63.3 Å². The molecule has 0 aliphatic carbocycles. The van der Waals surface area contributed by atoms with Gasteiger partial charge in [-0.1, -0.05) is 32.9 Å². The van der Waals surface area contributed by atoms with Crippen molar-refractivity contribution in [1.29, 1.82) is 0 Å². The van der Waals surface area contributed by atoms with Crippen molar-refractivity contribution in [2.45, 2.75) is 27.2 Å². The van der Waals surface area contributed by atoms with Crippen LogP contribution in [0.15, 0.2) is 18.2 Å². The van der Waals surface area contributed by atoms with Gasteiger partial charge in [-0.2, -0.15) is 0 Å². The Morgan fingerprint density at radius 1 is 1.11 bits per heavy atom. The first-order valence-corrected chi connectivity index (χ1v) is 5.31. The molecule has 4 nitrogen and oxygen atoms in total. The Balaban J connectivity index is 0.00000289. The van der Waals surface area contributed by atoms with Crippen molar-refractivity contribution in [2.24, 2.45) is 5.41 Å². The molecule has 1 aromatic carbocycles. The molecule has 0 fully saturated rings. The number of aromatic carboxylic acids is 2. The Hall–Kier alpha value is -0.204. The van der Waals surface area contributed by atoms with Crippen LogP contribution in [-0.4, -0.2) is 73.5 Å². The summed E-state index contributed by atoms with van der Waals surface area (Å²) in [5, 5.41) is 18.1. The van der Waals surface area contributed by atoms with Crippen LogP contribution >= 0.6 is 0 Å². The van der Waals surface area contributed by atoms with E-state index < -0.39 is 11.9 Å². The van der Waals surface area contributed by atoms with E-state index in [0.29, 0.717) is 12.0 Å². The van der Waals surface area contributed by atoms with Gasteiger partial charge in [-0.15, -0.1) is 0 Å². The number of carboxylic acid groups (broad SMARTS) is 2. The topological polar surface area (TPSA) is 74.6 Å². The summed E-state index contributed by atoms with van der Waals surface area (Å²) in [6.45, 7) is 5.93. The summed E-state index contributed by atoms with van der Waals surface area (Å²) in [7, 11) is 0. The van der Waals surface area contributed by atoms with Crippen LogP contribution < -0.4 is 0 Å². The van der Waals surface area contributed by atoms with Crippen LogP contribution in [0, 0.1) is 5.41 Å². The van der Waals surface area contributed by atoms with E-state index in [4.69, 9.17) is 10.2 Å². The van der Waals surface area contributed by atoms with E-state index in [1.807, 2.05) is 20.8 Å². The minimum absolute atomic E-state index is 0.